The maximum absolute atomic E-state index is 12.8. The van der Waals surface area contributed by atoms with E-state index in [1.54, 1.807) is 49.4 Å². The molecule has 0 spiro atoms. The third-order valence-electron chi connectivity index (χ3n) is 4.78. The zero-order valence-electron chi connectivity index (χ0n) is 15.9. The van der Waals surface area contributed by atoms with Crippen molar-refractivity contribution in [1.29, 1.82) is 0 Å². The van der Waals surface area contributed by atoms with Crippen LogP contribution in [0, 0.1) is 0 Å². The Morgan fingerprint density at radius 3 is 2.63 bits per heavy atom. The Morgan fingerprint density at radius 2 is 1.87 bits per heavy atom. The zero-order valence-corrected chi connectivity index (χ0v) is 16.7. The summed E-state index contributed by atoms with van der Waals surface area (Å²) >= 11 is 0. The number of pyridine rings is 1. The van der Waals surface area contributed by atoms with Crippen molar-refractivity contribution < 1.29 is 18.3 Å². The highest BCUT2D eigenvalue weighted by Gasteiger charge is 2.26. The molecular formula is C20H18N4O5S. The van der Waals surface area contributed by atoms with Crippen molar-refractivity contribution in [2.24, 2.45) is 4.40 Å². The summed E-state index contributed by atoms with van der Waals surface area (Å²) in [7, 11) is -3.90. The summed E-state index contributed by atoms with van der Waals surface area (Å²) < 4.78 is 29.7. The van der Waals surface area contributed by atoms with Gasteiger partial charge in [-0.1, -0.05) is 24.3 Å². The van der Waals surface area contributed by atoms with Crippen LogP contribution in [0.1, 0.15) is 17.3 Å². The summed E-state index contributed by atoms with van der Waals surface area (Å²) in [6.45, 7) is 1.79. The van der Waals surface area contributed by atoms with Crippen LogP contribution in [0.3, 0.4) is 0 Å². The largest absolute Gasteiger partial charge is 0.506 e. The fourth-order valence-electron chi connectivity index (χ4n) is 3.40. The summed E-state index contributed by atoms with van der Waals surface area (Å²) in [4.78, 5) is 25.6. The van der Waals surface area contributed by atoms with Gasteiger partial charge >= 0.3 is 0 Å². The minimum Gasteiger partial charge on any atom is -0.506 e. The molecule has 2 aromatic carbocycles. The van der Waals surface area contributed by atoms with E-state index in [1.807, 2.05) is 0 Å². The monoisotopic (exact) mass is 426 g/mol. The lowest BCUT2D eigenvalue weighted by atomic mass is 10.1. The lowest BCUT2D eigenvalue weighted by molar-refractivity contribution is 0.0954. The fraction of sp³-hybridized carbons (Fsp3) is 0.150. The quantitative estimate of drug-likeness (QED) is 0.582. The SMILES string of the molecule is CCn1c(=O)c(C(=O)NCC2=NS(=O)(=O)c3ccccc3N2)c(O)c2ccccc21. The molecule has 9 nitrogen and oxygen atoms in total. The van der Waals surface area contributed by atoms with Crippen molar-refractivity contribution in [3.05, 3.63) is 64.4 Å². The Hall–Kier alpha value is -3.66. The van der Waals surface area contributed by atoms with Crippen molar-refractivity contribution in [2.75, 3.05) is 11.9 Å². The first kappa shape index (κ1) is 19.6. The molecule has 0 radical (unpaired) electrons. The smallest absolute Gasteiger partial charge is 0.286 e. The van der Waals surface area contributed by atoms with Gasteiger partial charge in [-0.15, -0.1) is 4.40 Å². The van der Waals surface area contributed by atoms with Gasteiger partial charge in [0.1, 0.15) is 22.0 Å². The van der Waals surface area contributed by atoms with Crippen LogP contribution in [-0.4, -0.2) is 36.4 Å². The molecule has 0 saturated heterocycles. The highest BCUT2D eigenvalue weighted by Crippen LogP contribution is 2.27. The number of benzene rings is 2. The number of hydrogen-bond acceptors (Lipinski definition) is 6. The van der Waals surface area contributed by atoms with Crippen molar-refractivity contribution >= 4 is 38.4 Å². The van der Waals surface area contributed by atoms with Crippen LogP contribution in [0.5, 0.6) is 5.75 Å². The third kappa shape index (κ3) is 3.20. The van der Waals surface area contributed by atoms with Gasteiger partial charge in [0.25, 0.3) is 21.5 Å². The summed E-state index contributed by atoms with van der Waals surface area (Å²) in [5.74, 6) is -1.25. The normalized spacial score (nSPS) is 14.5. The number of hydrogen-bond donors (Lipinski definition) is 3. The first-order chi connectivity index (χ1) is 14.3. The standard InChI is InChI=1S/C20H18N4O5S/c1-2-24-14-9-5-3-7-12(14)18(25)17(20(24)27)19(26)21-11-16-22-13-8-4-6-10-15(13)30(28,29)23-16/h3-10,25H,2,11H2,1H3,(H,21,26)(H,22,23). The van der Waals surface area contributed by atoms with Crippen LogP contribution >= 0.6 is 0 Å². The second kappa shape index (κ2) is 7.30. The van der Waals surface area contributed by atoms with Gasteiger partial charge in [-0.25, -0.2) is 0 Å². The average Bonchev–Trinajstić information content (AvgIpc) is 2.72. The molecule has 30 heavy (non-hydrogen) atoms. The molecule has 10 heteroatoms. The lowest BCUT2D eigenvalue weighted by Gasteiger charge is -2.18. The van der Waals surface area contributed by atoms with Crippen LogP contribution in [-0.2, 0) is 16.6 Å². The molecule has 1 aliphatic heterocycles. The van der Waals surface area contributed by atoms with Crippen molar-refractivity contribution in [3.63, 3.8) is 0 Å². The maximum Gasteiger partial charge on any atom is 0.286 e. The molecule has 4 rings (SSSR count). The van der Waals surface area contributed by atoms with Crippen LogP contribution in [0.2, 0.25) is 0 Å². The Kier molecular flexibility index (Phi) is 4.78. The van der Waals surface area contributed by atoms with Crippen molar-refractivity contribution in [2.45, 2.75) is 18.4 Å². The number of carbonyl (C=O) groups is 1. The number of aryl methyl sites for hydroxylation is 1. The molecule has 1 aliphatic rings. The second-order valence-electron chi connectivity index (χ2n) is 6.61. The van der Waals surface area contributed by atoms with Gasteiger partial charge in [-0.3, -0.25) is 9.59 Å². The second-order valence-corrected chi connectivity index (χ2v) is 8.18. The first-order valence-electron chi connectivity index (χ1n) is 9.16. The van der Waals surface area contributed by atoms with E-state index in [2.05, 4.69) is 15.0 Å². The van der Waals surface area contributed by atoms with Gasteiger partial charge in [0.2, 0.25) is 0 Å². The number of carbonyl (C=O) groups excluding carboxylic acids is 1. The number of anilines is 1. The number of para-hydroxylation sites is 2. The van der Waals surface area contributed by atoms with Gasteiger partial charge in [0.15, 0.2) is 0 Å². The van der Waals surface area contributed by atoms with E-state index in [-0.39, 0.29) is 17.3 Å². The maximum atomic E-state index is 12.8. The van der Waals surface area contributed by atoms with Gasteiger partial charge < -0.3 is 20.3 Å². The number of nitrogens with zero attached hydrogens (tertiary/aromatic N) is 2. The number of nitrogens with one attached hydrogen (secondary N) is 2. The van der Waals surface area contributed by atoms with E-state index in [0.717, 1.165) is 0 Å². The molecule has 0 unspecified atom stereocenters. The molecule has 3 aromatic rings. The van der Waals surface area contributed by atoms with Gasteiger partial charge in [-0.2, -0.15) is 8.42 Å². The van der Waals surface area contributed by atoms with E-state index in [4.69, 9.17) is 0 Å². The third-order valence-corrected chi connectivity index (χ3v) is 6.15. The number of amides is 1. The van der Waals surface area contributed by atoms with E-state index in [1.165, 1.54) is 10.6 Å². The Bertz CT molecular complexity index is 1380. The van der Waals surface area contributed by atoms with Crippen molar-refractivity contribution in [3.8, 4) is 5.75 Å². The molecule has 0 aliphatic carbocycles. The topological polar surface area (TPSA) is 130 Å². The Balaban J connectivity index is 1.66. The van der Waals surface area contributed by atoms with E-state index >= 15 is 0 Å². The molecule has 154 valence electrons. The molecule has 1 amide bonds. The molecule has 0 saturated carbocycles. The number of rotatable bonds is 4. The van der Waals surface area contributed by atoms with Crippen LogP contribution in [0.25, 0.3) is 10.9 Å². The molecular weight excluding hydrogens is 408 g/mol. The molecule has 0 bridgehead atoms. The van der Waals surface area contributed by atoms with Gasteiger partial charge in [0, 0.05) is 11.9 Å². The van der Waals surface area contributed by atoms with Gasteiger partial charge in [0.05, 0.1) is 17.7 Å². The number of aromatic nitrogens is 1. The van der Waals surface area contributed by atoms with Crippen molar-refractivity contribution in [1.82, 2.24) is 9.88 Å². The number of sulfonamides is 1. The molecule has 2 heterocycles. The minimum absolute atomic E-state index is 0.00172. The molecule has 0 atom stereocenters. The van der Waals surface area contributed by atoms with E-state index in [9.17, 15) is 23.1 Å². The fourth-order valence-corrected chi connectivity index (χ4v) is 4.55. The molecule has 3 N–H and O–H groups in total. The first-order valence-corrected chi connectivity index (χ1v) is 10.6. The average molecular weight is 426 g/mol. The summed E-state index contributed by atoms with van der Waals surface area (Å²) in [6.07, 6.45) is 0. The zero-order chi connectivity index (χ0) is 21.5. The predicted octanol–water partition coefficient (Wildman–Crippen LogP) is 1.67. The van der Waals surface area contributed by atoms with Gasteiger partial charge in [-0.05, 0) is 31.2 Å². The summed E-state index contributed by atoms with van der Waals surface area (Å²) in [5.41, 5.74) is -0.184. The number of aromatic hydroxyl groups is 1. The minimum atomic E-state index is -3.90. The van der Waals surface area contributed by atoms with Crippen LogP contribution in [0.4, 0.5) is 5.69 Å². The van der Waals surface area contributed by atoms with E-state index < -0.39 is 32.8 Å². The van der Waals surface area contributed by atoms with Crippen LogP contribution < -0.4 is 16.2 Å². The summed E-state index contributed by atoms with van der Waals surface area (Å²) in [5, 5.41) is 16.2. The van der Waals surface area contributed by atoms with E-state index in [0.29, 0.717) is 23.1 Å². The highest BCUT2D eigenvalue weighted by molar-refractivity contribution is 7.90. The molecule has 1 aromatic heterocycles. The Labute approximate surface area is 171 Å². The molecule has 0 fully saturated rings. The lowest BCUT2D eigenvalue weighted by Crippen LogP contribution is -2.38. The number of fused-ring (bicyclic) bond motifs is 2. The number of amidine groups is 1. The predicted molar refractivity (Wildman–Crippen MR) is 113 cm³/mol. The summed E-state index contributed by atoms with van der Waals surface area (Å²) in [6, 6.07) is 13.0. The Morgan fingerprint density at radius 1 is 1.17 bits per heavy atom. The van der Waals surface area contributed by atoms with Crippen LogP contribution in [0.15, 0.2) is 62.6 Å². The highest BCUT2D eigenvalue weighted by atomic mass is 32.2.